The Morgan fingerprint density at radius 2 is 2.26 bits per heavy atom. The highest BCUT2D eigenvalue weighted by molar-refractivity contribution is 5.88. The molecule has 4 rings (SSSR count). The lowest BCUT2D eigenvalue weighted by molar-refractivity contribution is -0.121. The second-order valence-corrected chi connectivity index (χ2v) is 6.11. The molecule has 0 unspecified atom stereocenters. The van der Waals surface area contributed by atoms with Gasteiger partial charge in [-0.15, -0.1) is 10.2 Å². The number of carbonyl (C=O) groups is 1. The number of hydrogen-bond acceptors (Lipinski definition) is 3. The first-order chi connectivity index (χ1) is 11.2. The number of hydrogen-bond donors (Lipinski definition) is 2. The van der Waals surface area contributed by atoms with E-state index in [1.807, 2.05) is 37.4 Å². The molecule has 0 spiro atoms. The van der Waals surface area contributed by atoms with Gasteiger partial charge in [0.1, 0.15) is 11.6 Å². The Morgan fingerprint density at radius 1 is 1.39 bits per heavy atom. The number of nitrogens with zero attached hydrogens (tertiary/aromatic N) is 3. The van der Waals surface area contributed by atoms with Gasteiger partial charge >= 0.3 is 0 Å². The molecule has 0 radical (unpaired) electrons. The summed E-state index contributed by atoms with van der Waals surface area (Å²) in [5.74, 6) is 1.99. The van der Waals surface area contributed by atoms with Gasteiger partial charge in [0.15, 0.2) is 0 Å². The standard InChI is InChI=1S/C17H19N5O/c1-11-20-21-16-7-6-13(10-22(11)16)19-17(23)8-12-9-18-15-5-3-2-4-14(12)15/h2-5,9,13,18H,6-8,10H2,1H3,(H,19,23)/t13-/m0/s1. The van der Waals surface area contributed by atoms with Crippen molar-refractivity contribution in [2.75, 3.05) is 0 Å². The van der Waals surface area contributed by atoms with E-state index in [1.165, 1.54) is 0 Å². The summed E-state index contributed by atoms with van der Waals surface area (Å²) in [6, 6.07) is 8.20. The number of benzene rings is 1. The highest BCUT2D eigenvalue weighted by atomic mass is 16.1. The summed E-state index contributed by atoms with van der Waals surface area (Å²) in [6.07, 6.45) is 4.10. The van der Waals surface area contributed by atoms with Crippen molar-refractivity contribution in [3.05, 3.63) is 47.7 Å². The fourth-order valence-electron chi connectivity index (χ4n) is 3.31. The molecule has 1 aliphatic heterocycles. The first-order valence-electron chi connectivity index (χ1n) is 7.94. The van der Waals surface area contributed by atoms with Crippen LogP contribution in [0, 0.1) is 6.92 Å². The van der Waals surface area contributed by atoms with Crippen LogP contribution in [-0.4, -0.2) is 31.7 Å². The fraction of sp³-hybridized carbons (Fsp3) is 0.353. The van der Waals surface area contributed by atoms with Crippen molar-refractivity contribution in [1.29, 1.82) is 0 Å². The molecule has 118 valence electrons. The number of para-hydroxylation sites is 1. The third kappa shape index (κ3) is 2.60. The number of fused-ring (bicyclic) bond motifs is 2. The van der Waals surface area contributed by atoms with Gasteiger partial charge in [0.05, 0.1) is 6.42 Å². The Morgan fingerprint density at radius 3 is 3.17 bits per heavy atom. The lowest BCUT2D eigenvalue weighted by Crippen LogP contribution is -2.41. The van der Waals surface area contributed by atoms with E-state index >= 15 is 0 Å². The van der Waals surface area contributed by atoms with Gasteiger partial charge in [0.25, 0.3) is 0 Å². The van der Waals surface area contributed by atoms with Crippen LogP contribution in [0.25, 0.3) is 10.9 Å². The zero-order valence-electron chi connectivity index (χ0n) is 13.0. The van der Waals surface area contributed by atoms with Crippen molar-refractivity contribution >= 4 is 16.8 Å². The first-order valence-corrected chi connectivity index (χ1v) is 7.94. The maximum absolute atomic E-state index is 12.4. The van der Waals surface area contributed by atoms with Crippen LogP contribution in [0.3, 0.4) is 0 Å². The third-order valence-electron chi connectivity index (χ3n) is 4.52. The molecule has 1 atom stereocenters. The SMILES string of the molecule is Cc1nnc2n1C[C@@H](NC(=O)Cc1c[nH]c3ccccc13)CC2. The number of aromatic amines is 1. The number of aromatic nitrogens is 4. The molecular weight excluding hydrogens is 290 g/mol. The molecule has 2 aromatic heterocycles. The molecule has 0 bridgehead atoms. The Hall–Kier alpha value is -2.63. The van der Waals surface area contributed by atoms with Gasteiger partial charge in [-0.3, -0.25) is 4.79 Å². The molecule has 6 nitrogen and oxygen atoms in total. The van der Waals surface area contributed by atoms with Crippen LogP contribution in [0.1, 0.15) is 23.6 Å². The van der Waals surface area contributed by atoms with Crippen molar-refractivity contribution in [1.82, 2.24) is 25.1 Å². The quantitative estimate of drug-likeness (QED) is 0.774. The lowest BCUT2D eigenvalue weighted by Gasteiger charge is -2.24. The van der Waals surface area contributed by atoms with Gasteiger partial charge < -0.3 is 14.9 Å². The summed E-state index contributed by atoms with van der Waals surface area (Å²) in [5.41, 5.74) is 2.10. The van der Waals surface area contributed by atoms with Crippen LogP contribution in [0.5, 0.6) is 0 Å². The van der Waals surface area contributed by atoms with Crippen molar-refractivity contribution in [3.63, 3.8) is 0 Å². The Labute approximate surface area is 133 Å². The van der Waals surface area contributed by atoms with Gasteiger partial charge in [-0.25, -0.2) is 0 Å². The van der Waals surface area contributed by atoms with Crippen LogP contribution in [0.15, 0.2) is 30.5 Å². The summed E-state index contributed by atoms with van der Waals surface area (Å²) in [7, 11) is 0. The van der Waals surface area contributed by atoms with Crippen molar-refractivity contribution in [2.45, 2.75) is 38.8 Å². The minimum absolute atomic E-state index is 0.0638. The van der Waals surface area contributed by atoms with Crippen LogP contribution < -0.4 is 5.32 Å². The van der Waals surface area contributed by atoms with Gasteiger partial charge in [-0.1, -0.05) is 18.2 Å². The van der Waals surface area contributed by atoms with Gasteiger partial charge in [0.2, 0.25) is 5.91 Å². The van der Waals surface area contributed by atoms with E-state index in [0.717, 1.165) is 47.5 Å². The minimum Gasteiger partial charge on any atom is -0.361 e. The summed E-state index contributed by atoms with van der Waals surface area (Å²) < 4.78 is 2.10. The van der Waals surface area contributed by atoms with E-state index in [9.17, 15) is 4.79 Å². The molecule has 0 saturated carbocycles. The second-order valence-electron chi connectivity index (χ2n) is 6.11. The molecule has 3 aromatic rings. The Bertz CT molecular complexity index is 863. The number of H-pyrrole nitrogens is 1. The number of rotatable bonds is 3. The number of nitrogens with one attached hydrogen (secondary N) is 2. The smallest absolute Gasteiger partial charge is 0.224 e. The predicted octanol–water partition coefficient (Wildman–Crippen LogP) is 1.74. The number of amides is 1. The average Bonchev–Trinajstić information content (AvgIpc) is 3.12. The van der Waals surface area contributed by atoms with Gasteiger partial charge in [-0.05, 0) is 25.0 Å². The molecule has 1 aliphatic rings. The van der Waals surface area contributed by atoms with Crippen molar-refractivity contribution < 1.29 is 4.79 Å². The van der Waals surface area contributed by atoms with Crippen LogP contribution in [-0.2, 0) is 24.2 Å². The summed E-state index contributed by atoms with van der Waals surface area (Å²) >= 11 is 0. The third-order valence-corrected chi connectivity index (χ3v) is 4.52. The average molecular weight is 309 g/mol. The van der Waals surface area contributed by atoms with E-state index in [-0.39, 0.29) is 11.9 Å². The van der Waals surface area contributed by atoms with Crippen LogP contribution in [0.4, 0.5) is 0 Å². The van der Waals surface area contributed by atoms with Crippen LogP contribution in [0.2, 0.25) is 0 Å². The monoisotopic (exact) mass is 309 g/mol. The predicted molar refractivity (Wildman–Crippen MR) is 87.0 cm³/mol. The Balaban J connectivity index is 1.44. The van der Waals surface area contributed by atoms with E-state index in [0.29, 0.717) is 6.42 Å². The van der Waals surface area contributed by atoms with Gasteiger partial charge in [0, 0.05) is 36.1 Å². The van der Waals surface area contributed by atoms with Crippen LogP contribution >= 0.6 is 0 Å². The van der Waals surface area contributed by atoms with E-state index in [4.69, 9.17) is 0 Å². The minimum atomic E-state index is 0.0638. The molecule has 0 fully saturated rings. The van der Waals surface area contributed by atoms with Crippen molar-refractivity contribution in [3.8, 4) is 0 Å². The Kier molecular flexibility index (Phi) is 3.37. The molecule has 0 saturated heterocycles. The fourth-order valence-corrected chi connectivity index (χ4v) is 3.31. The highest BCUT2D eigenvalue weighted by Crippen LogP contribution is 2.19. The summed E-state index contributed by atoms with van der Waals surface area (Å²) in [6.45, 7) is 2.71. The molecule has 1 aromatic carbocycles. The zero-order valence-corrected chi connectivity index (χ0v) is 13.0. The van der Waals surface area contributed by atoms with Crippen molar-refractivity contribution in [2.24, 2.45) is 0 Å². The number of carbonyl (C=O) groups excluding carboxylic acids is 1. The molecule has 1 amide bonds. The lowest BCUT2D eigenvalue weighted by atomic mass is 10.1. The highest BCUT2D eigenvalue weighted by Gasteiger charge is 2.23. The number of aryl methyl sites for hydroxylation is 2. The topological polar surface area (TPSA) is 75.6 Å². The van der Waals surface area contributed by atoms with E-state index in [2.05, 4.69) is 25.1 Å². The molecular formula is C17H19N5O. The van der Waals surface area contributed by atoms with E-state index in [1.54, 1.807) is 0 Å². The summed E-state index contributed by atoms with van der Waals surface area (Å²) in [4.78, 5) is 15.6. The van der Waals surface area contributed by atoms with E-state index < -0.39 is 0 Å². The molecule has 0 aliphatic carbocycles. The maximum atomic E-state index is 12.4. The summed E-state index contributed by atoms with van der Waals surface area (Å²) in [5, 5.41) is 12.5. The molecule has 3 heterocycles. The molecule has 2 N–H and O–H groups in total. The normalized spacial score (nSPS) is 17.2. The van der Waals surface area contributed by atoms with Gasteiger partial charge in [-0.2, -0.15) is 0 Å². The first kappa shape index (κ1) is 14.0. The maximum Gasteiger partial charge on any atom is 0.224 e. The largest absolute Gasteiger partial charge is 0.361 e. The molecule has 23 heavy (non-hydrogen) atoms. The second kappa shape index (κ2) is 5.53. The zero-order chi connectivity index (χ0) is 15.8. The molecule has 6 heteroatoms.